The van der Waals surface area contributed by atoms with Crippen LogP contribution >= 0.6 is 12.2 Å². The Bertz CT molecular complexity index is 259. The first-order valence-corrected chi connectivity index (χ1v) is 4.47. The van der Waals surface area contributed by atoms with Crippen LogP contribution in [-0.2, 0) is 0 Å². The molecule has 0 saturated heterocycles. The van der Waals surface area contributed by atoms with Crippen LogP contribution in [0.2, 0.25) is 0 Å². The number of hydrazine groups is 1. The Morgan fingerprint density at radius 3 is 2.92 bits per heavy atom. The Hall–Kier alpha value is -0.940. The molecule has 1 rings (SSSR count). The average molecular weight is 198 g/mol. The van der Waals surface area contributed by atoms with Crippen LogP contribution in [0.15, 0.2) is 17.3 Å². The molecule has 1 aliphatic rings. The molecule has 0 aromatic heterocycles. The van der Waals surface area contributed by atoms with Crippen LogP contribution in [0.25, 0.3) is 0 Å². The normalized spacial score (nSPS) is 18.1. The Morgan fingerprint density at radius 2 is 2.38 bits per heavy atom. The molecular formula is C8H14N4S. The van der Waals surface area contributed by atoms with Crippen LogP contribution < -0.4 is 5.32 Å². The van der Waals surface area contributed by atoms with Crippen molar-refractivity contribution >= 4 is 23.0 Å². The SMILES string of the molecule is CN/C=C/C1=NCN(C)N1C(C)=S. The molecule has 0 fully saturated rings. The van der Waals surface area contributed by atoms with Crippen LogP contribution in [0.5, 0.6) is 0 Å². The lowest BCUT2D eigenvalue weighted by atomic mass is 10.5. The quantitative estimate of drug-likeness (QED) is 0.658. The maximum Gasteiger partial charge on any atom is 0.146 e. The number of hydrogen-bond acceptors (Lipinski definition) is 4. The minimum Gasteiger partial charge on any atom is -0.394 e. The first-order valence-electron chi connectivity index (χ1n) is 4.07. The van der Waals surface area contributed by atoms with Gasteiger partial charge in [0.05, 0.1) is 4.99 Å². The van der Waals surface area contributed by atoms with Crippen LogP contribution in [0.3, 0.4) is 0 Å². The summed E-state index contributed by atoms with van der Waals surface area (Å²) in [7, 11) is 3.81. The van der Waals surface area contributed by atoms with Crippen molar-refractivity contribution < 1.29 is 0 Å². The van der Waals surface area contributed by atoms with Gasteiger partial charge in [-0.1, -0.05) is 12.2 Å². The summed E-state index contributed by atoms with van der Waals surface area (Å²) in [5.41, 5.74) is 0. The molecule has 0 spiro atoms. The van der Waals surface area contributed by atoms with Gasteiger partial charge in [0.15, 0.2) is 0 Å². The third-order valence-electron chi connectivity index (χ3n) is 1.69. The summed E-state index contributed by atoms with van der Waals surface area (Å²) in [6.07, 6.45) is 3.74. The highest BCUT2D eigenvalue weighted by Crippen LogP contribution is 2.08. The van der Waals surface area contributed by atoms with Gasteiger partial charge in [-0.25, -0.2) is 10.0 Å². The van der Waals surface area contributed by atoms with Crippen molar-refractivity contribution in [1.82, 2.24) is 15.3 Å². The molecule has 0 unspecified atom stereocenters. The molecule has 1 aliphatic heterocycles. The van der Waals surface area contributed by atoms with Crippen molar-refractivity contribution in [1.29, 1.82) is 0 Å². The zero-order valence-electron chi connectivity index (χ0n) is 8.11. The van der Waals surface area contributed by atoms with Crippen LogP contribution in [0, 0.1) is 0 Å². The van der Waals surface area contributed by atoms with Crippen molar-refractivity contribution in [2.75, 3.05) is 20.8 Å². The van der Waals surface area contributed by atoms with Gasteiger partial charge in [0.2, 0.25) is 0 Å². The van der Waals surface area contributed by atoms with E-state index in [2.05, 4.69) is 10.3 Å². The number of hydrogen-bond donors (Lipinski definition) is 1. The minimum absolute atomic E-state index is 0.664. The first-order chi connectivity index (χ1) is 6.16. The Morgan fingerprint density at radius 1 is 1.69 bits per heavy atom. The number of rotatable bonds is 2. The molecule has 5 heteroatoms. The van der Waals surface area contributed by atoms with E-state index in [9.17, 15) is 0 Å². The number of nitrogens with zero attached hydrogens (tertiary/aromatic N) is 3. The van der Waals surface area contributed by atoms with Gasteiger partial charge >= 0.3 is 0 Å². The molecule has 1 heterocycles. The maximum absolute atomic E-state index is 5.11. The summed E-state index contributed by atoms with van der Waals surface area (Å²) >= 11 is 5.11. The van der Waals surface area contributed by atoms with Crippen LogP contribution in [-0.4, -0.2) is 41.6 Å². The number of amidine groups is 1. The number of nitrogens with one attached hydrogen (secondary N) is 1. The number of aliphatic imine (C=N–C) groups is 1. The topological polar surface area (TPSA) is 30.9 Å². The van der Waals surface area contributed by atoms with Gasteiger partial charge in [-0.05, 0) is 19.2 Å². The van der Waals surface area contributed by atoms with E-state index in [1.807, 2.05) is 43.3 Å². The monoisotopic (exact) mass is 198 g/mol. The first kappa shape index (κ1) is 10.1. The highest BCUT2D eigenvalue weighted by Gasteiger charge is 2.21. The fourth-order valence-corrected chi connectivity index (χ4v) is 1.40. The molecule has 1 N–H and O–H groups in total. The summed E-state index contributed by atoms with van der Waals surface area (Å²) in [5, 5.41) is 6.79. The largest absolute Gasteiger partial charge is 0.394 e. The van der Waals surface area contributed by atoms with Crippen LogP contribution in [0.1, 0.15) is 6.92 Å². The van der Waals surface area contributed by atoms with Crippen molar-refractivity contribution in [2.45, 2.75) is 6.92 Å². The second-order valence-electron chi connectivity index (χ2n) is 2.77. The van der Waals surface area contributed by atoms with E-state index in [1.54, 1.807) is 0 Å². The third kappa shape index (κ3) is 2.26. The molecule has 0 amide bonds. The lowest BCUT2D eigenvalue weighted by Gasteiger charge is -2.24. The molecule has 4 nitrogen and oxygen atoms in total. The van der Waals surface area contributed by atoms with Crippen molar-refractivity contribution in [3.05, 3.63) is 12.3 Å². The van der Waals surface area contributed by atoms with Gasteiger partial charge in [-0.2, -0.15) is 5.01 Å². The Labute approximate surface area is 83.9 Å². The zero-order valence-corrected chi connectivity index (χ0v) is 8.93. The molecule has 13 heavy (non-hydrogen) atoms. The van der Waals surface area contributed by atoms with E-state index in [-0.39, 0.29) is 0 Å². The summed E-state index contributed by atoms with van der Waals surface area (Å²) in [5.74, 6) is 0.879. The second-order valence-corrected chi connectivity index (χ2v) is 3.36. The van der Waals surface area contributed by atoms with Gasteiger partial charge in [-0.3, -0.25) is 0 Å². The summed E-state index contributed by atoms with van der Waals surface area (Å²) < 4.78 is 0. The van der Waals surface area contributed by atoms with Crippen molar-refractivity contribution in [3.63, 3.8) is 0 Å². The fraction of sp³-hybridized carbons (Fsp3) is 0.500. The van der Waals surface area contributed by atoms with E-state index in [1.165, 1.54) is 0 Å². The molecule has 0 atom stereocenters. The predicted octanol–water partition coefficient (Wildman–Crippen LogP) is 0.585. The molecule has 0 aromatic carbocycles. The minimum atomic E-state index is 0.664. The molecular weight excluding hydrogens is 184 g/mol. The second kappa shape index (κ2) is 4.34. The fourth-order valence-electron chi connectivity index (χ4n) is 1.16. The summed E-state index contributed by atoms with van der Waals surface area (Å²) in [6.45, 7) is 2.55. The van der Waals surface area contributed by atoms with E-state index >= 15 is 0 Å². The molecule has 0 radical (unpaired) electrons. The molecule has 0 saturated carbocycles. The molecule has 0 bridgehead atoms. The van der Waals surface area contributed by atoms with Gasteiger partial charge in [-0.15, -0.1) is 0 Å². The smallest absolute Gasteiger partial charge is 0.146 e. The summed E-state index contributed by atoms with van der Waals surface area (Å²) in [4.78, 5) is 5.12. The maximum atomic E-state index is 5.11. The van der Waals surface area contributed by atoms with Gasteiger partial charge in [0, 0.05) is 14.1 Å². The average Bonchev–Trinajstić information content (AvgIpc) is 2.43. The molecule has 0 aliphatic carbocycles. The lowest BCUT2D eigenvalue weighted by Crippen LogP contribution is -2.40. The number of thiocarbonyl (C=S) groups is 1. The third-order valence-corrected chi connectivity index (χ3v) is 1.87. The van der Waals surface area contributed by atoms with Crippen molar-refractivity contribution in [2.24, 2.45) is 4.99 Å². The highest BCUT2D eigenvalue weighted by molar-refractivity contribution is 7.80. The Balaban J connectivity index is 2.74. The standard InChI is InChI=1S/C8H14N4S/c1-7(13)12-8(4-5-9-2)10-6-11(12)3/h4-5,9H,6H2,1-3H3/b5-4+. The van der Waals surface area contributed by atoms with Gasteiger partial charge in [0.1, 0.15) is 12.5 Å². The van der Waals surface area contributed by atoms with Gasteiger partial charge < -0.3 is 5.32 Å². The van der Waals surface area contributed by atoms with E-state index < -0.39 is 0 Å². The lowest BCUT2D eigenvalue weighted by molar-refractivity contribution is 0.188. The van der Waals surface area contributed by atoms with E-state index in [0.717, 1.165) is 10.8 Å². The van der Waals surface area contributed by atoms with E-state index in [0.29, 0.717) is 6.67 Å². The van der Waals surface area contributed by atoms with Crippen LogP contribution in [0.4, 0.5) is 0 Å². The van der Waals surface area contributed by atoms with Gasteiger partial charge in [0.25, 0.3) is 0 Å². The molecule has 0 aromatic rings. The Kier molecular flexibility index (Phi) is 3.39. The molecule has 72 valence electrons. The predicted molar refractivity (Wildman–Crippen MR) is 58.4 cm³/mol. The van der Waals surface area contributed by atoms with Crippen molar-refractivity contribution in [3.8, 4) is 0 Å². The highest BCUT2D eigenvalue weighted by atomic mass is 32.1. The summed E-state index contributed by atoms with van der Waals surface area (Å²) in [6, 6.07) is 0. The zero-order chi connectivity index (χ0) is 9.84. The van der Waals surface area contributed by atoms with E-state index in [4.69, 9.17) is 12.2 Å².